The molecule has 1 N–H and O–H groups in total. The molecule has 4 amide bonds. The molecule has 4 heterocycles. The molecule has 0 radical (unpaired) electrons. The lowest BCUT2D eigenvalue weighted by molar-refractivity contribution is -0.136. The number of imide groups is 2. The molecule has 1 aromatic carbocycles. The maximum Gasteiger partial charge on any atom is 0.262 e. The number of aromatic nitrogens is 3. The Kier molecular flexibility index (Phi) is 6.10. The van der Waals surface area contributed by atoms with E-state index in [1.54, 1.807) is 25.1 Å². The van der Waals surface area contributed by atoms with Gasteiger partial charge in [0.15, 0.2) is 0 Å². The number of hydrogen-bond donors (Lipinski definition) is 1. The largest absolute Gasteiger partial charge is 0.295 e. The number of fused-ring (bicyclic) bond motifs is 1. The summed E-state index contributed by atoms with van der Waals surface area (Å²) in [7, 11) is 0. The normalized spacial score (nSPS) is 24.0. The lowest BCUT2D eigenvalue weighted by atomic mass is 9.76. The van der Waals surface area contributed by atoms with Crippen LogP contribution in [0.3, 0.4) is 0 Å². The molecule has 4 aliphatic rings. The van der Waals surface area contributed by atoms with Gasteiger partial charge in [-0.1, -0.05) is 12.1 Å². The Hall–Kier alpha value is -4.21. The number of benzene rings is 1. The summed E-state index contributed by atoms with van der Waals surface area (Å²) >= 11 is 0. The van der Waals surface area contributed by atoms with Crippen LogP contribution in [0.25, 0.3) is 11.3 Å². The van der Waals surface area contributed by atoms with E-state index in [-0.39, 0.29) is 30.6 Å². The molecule has 1 saturated heterocycles. The Balaban J connectivity index is 1.02. The first-order valence-corrected chi connectivity index (χ1v) is 14.3. The first kappa shape index (κ1) is 25.7. The number of halogens is 1. The highest BCUT2D eigenvalue weighted by Crippen LogP contribution is 2.46. The molecule has 10 heteroatoms. The third-order valence-corrected chi connectivity index (χ3v) is 8.98. The molecule has 210 valence electrons. The Morgan fingerprint density at radius 1 is 1.00 bits per heavy atom. The van der Waals surface area contributed by atoms with E-state index in [1.165, 1.54) is 6.07 Å². The molecule has 2 aromatic heterocycles. The highest BCUT2D eigenvalue weighted by atomic mass is 19.1. The SMILES string of the molecule is Cc1nc(-c2cn(C3CC(CCc4cccc5c4C(=O)N(C4CCC(=O)NC4=O)C5=O)C3)nc2C2CC2)ccc1F. The topological polar surface area (TPSA) is 114 Å². The monoisotopic (exact) mass is 555 g/mol. The van der Waals surface area contributed by atoms with E-state index in [0.717, 1.165) is 59.5 Å². The minimum atomic E-state index is -0.964. The van der Waals surface area contributed by atoms with Gasteiger partial charge in [0.2, 0.25) is 11.8 Å². The summed E-state index contributed by atoms with van der Waals surface area (Å²) in [5.74, 6) is -1.34. The third kappa shape index (κ3) is 4.45. The molecule has 41 heavy (non-hydrogen) atoms. The zero-order valence-corrected chi connectivity index (χ0v) is 22.7. The van der Waals surface area contributed by atoms with Gasteiger partial charge in [-0.3, -0.25) is 34.1 Å². The van der Waals surface area contributed by atoms with Crippen molar-refractivity contribution in [3.63, 3.8) is 0 Å². The summed E-state index contributed by atoms with van der Waals surface area (Å²) in [6.45, 7) is 1.68. The zero-order valence-electron chi connectivity index (χ0n) is 22.7. The molecule has 2 aliphatic carbocycles. The van der Waals surface area contributed by atoms with Crippen LogP contribution in [0.2, 0.25) is 0 Å². The number of pyridine rings is 1. The molecule has 1 atom stereocenters. The van der Waals surface area contributed by atoms with Crippen molar-refractivity contribution in [3.05, 3.63) is 70.4 Å². The Morgan fingerprint density at radius 2 is 1.80 bits per heavy atom. The number of nitrogens with one attached hydrogen (secondary N) is 1. The summed E-state index contributed by atoms with van der Waals surface area (Å²) in [6.07, 6.45) is 7.97. The lowest BCUT2D eigenvalue weighted by Crippen LogP contribution is -2.54. The van der Waals surface area contributed by atoms with E-state index in [4.69, 9.17) is 5.10 Å². The van der Waals surface area contributed by atoms with Crippen LogP contribution < -0.4 is 5.32 Å². The second kappa shape index (κ2) is 9.71. The van der Waals surface area contributed by atoms with Gasteiger partial charge in [-0.25, -0.2) is 9.37 Å². The fourth-order valence-corrected chi connectivity index (χ4v) is 6.45. The van der Waals surface area contributed by atoms with Gasteiger partial charge >= 0.3 is 0 Å². The molecule has 7 rings (SSSR count). The molecule has 3 aromatic rings. The van der Waals surface area contributed by atoms with Crippen molar-refractivity contribution in [2.24, 2.45) is 5.92 Å². The Labute approximate surface area is 236 Å². The van der Waals surface area contributed by atoms with Crippen LogP contribution in [-0.4, -0.2) is 49.3 Å². The maximum atomic E-state index is 13.8. The van der Waals surface area contributed by atoms with Gasteiger partial charge in [-0.15, -0.1) is 0 Å². The third-order valence-electron chi connectivity index (χ3n) is 8.98. The minimum absolute atomic E-state index is 0.0967. The van der Waals surface area contributed by atoms with Crippen molar-refractivity contribution >= 4 is 23.6 Å². The first-order chi connectivity index (χ1) is 19.8. The summed E-state index contributed by atoms with van der Waals surface area (Å²) in [4.78, 5) is 55.9. The number of rotatable bonds is 7. The van der Waals surface area contributed by atoms with Gasteiger partial charge in [0.25, 0.3) is 11.8 Å². The van der Waals surface area contributed by atoms with Crippen LogP contribution in [0.1, 0.15) is 94.6 Å². The van der Waals surface area contributed by atoms with E-state index in [9.17, 15) is 23.6 Å². The molecule has 0 spiro atoms. The van der Waals surface area contributed by atoms with Gasteiger partial charge in [0.05, 0.1) is 34.3 Å². The molecular weight excluding hydrogens is 525 g/mol. The van der Waals surface area contributed by atoms with Crippen molar-refractivity contribution in [2.75, 3.05) is 0 Å². The fraction of sp³-hybridized carbons (Fsp3) is 0.419. The minimum Gasteiger partial charge on any atom is -0.295 e. The molecule has 3 fully saturated rings. The smallest absolute Gasteiger partial charge is 0.262 e. The zero-order chi connectivity index (χ0) is 28.4. The second-order valence-corrected chi connectivity index (χ2v) is 11.8. The molecule has 1 unspecified atom stereocenters. The van der Waals surface area contributed by atoms with Crippen molar-refractivity contribution in [1.82, 2.24) is 25.0 Å². The quantitative estimate of drug-likeness (QED) is 0.436. The average molecular weight is 556 g/mol. The van der Waals surface area contributed by atoms with Gasteiger partial charge in [0, 0.05) is 24.1 Å². The number of nitrogens with zero attached hydrogens (tertiary/aromatic N) is 4. The summed E-state index contributed by atoms with van der Waals surface area (Å²) in [5, 5.41) is 7.19. The van der Waals surface area contributed by atoms with Crippen LogP contribution in [0.15, 0.2) is 36.5 Å². The standard InChI is InChI=1S/C31H30FN5O4/c1-16-23(32)9-10-24(33-16)22-15-36(35-28(22)19-7-8-19)20-13-17(14-20)5-6-18-3-2-4-21-27(18)31(41)37(30(21)40)25-11-12-26(38)34-29(25)39/h2-4,9-10,15,17,19-20,25H,5-8,11-14H2,1H3,(H,34,38,39). The highest BCUT2D eigenvalue weighted by Gasteiger charge is 2.45. The number of carbonyl (C=O) groups is 4. The van der Waals surface area contributed by atoms with Crippen LogP contribution in [0.4, 0.5) is 4.39 Å². The van der Waals surface area contributed by atoms with E-state index >= 15 is 0 Å². The van der Waals surface area contributed by atoms with Crippen molar-refractivity contribution in [2.45, 2.75) is 76.3 Å². The highest BCUT2D eigenvalue weighted by molar-refractivity contribution is 6.24. The van der Waals surface area contributed by atoms with Crippen LogP contribution in [0.5, 0.6) is 0 Å². The van der Waals surface area contributed by atoms with Gasteiger partial charge < -0.3 is 0 Å². The van der Waals surface area contributed by atoms with Gasteiger partial charge in [0.1, 0.15) is 11.9 Å². The Bertz CT molecular complexity index is 1620. The molecular formula is C31H30FN5O4. The van der Waals surface area contributed by atoms with Gasteiger partial charge in [-0.2, -0.15) is 5.10 Å². The number of piperidine rings is 1. The van der Waals surface area contributed by atoms with E-state index in [1.807, 2.05) is 6.07 Å². The summed E-state index contributed by atoms with van der Waals surface area (Å²) < 4.78 is 15.9. The van der Waals surface area contributed by atoms with E-state index in [0.29, 0.717) is 35.1 Å². The van der Waals surface area contributed by atoms with Crippen LogP contribution >= 0.6 is 0 Å². The number of hydrogen-bond acceptors (Lipinski definition) is 6. The van der Waals surface area contributed by atoms with Crippen LogP contribution in [0, 0.1) is 18.7 Å². The number of aryl methyl sites for hydroxylation is 2. The first-order valence-electron chi connectivity index (χ1n) is 14.3. The van der Waals surface area contributed by atoms with E-state index < -0.39 is 23.8 Å². The predicted octanol–water partition coefficient (Wildman–Crippen LogP) is 4.26. The summed E-state index contributed by atoms with van der Waals surface area (Å²) in [5.41, 5.74) is 4.70. The second-order valence-electron chi connectivity index (χ2n) is 11.8. The Morgan fingerprint density at radius 3 is 2.54 bits per heavy atom. The van der Waals surface area contributed by atoms with Crippen LogP contribution in [-0.2, 0) is 16.0 Å². The molecule has 2 saturated carbocycles. The van der Waals surface area contributed by atoms with Crippen molar-refractivity contribution in [1.29, 1.82) is 0 Å². The number of amides is 4. The predicted molar refractivity (Wildman–Crippen MR) is 145 cm³/mol. The number of carbonyl (C=O) groups excluding carboxylic acids is 4. The van der Waals surface area contributed by atoms with Gasteiger partial charge in [-0.05, 0) is 81.5 Å². The average Bonchev–Trinajstić information content (AvgIpc) is 3.63. The maximum absolute atomic E-state index is 13.8. The molecule has 0 bridgehead atoms. The lowest BCUT2D eigenvalue weighted by Gasteiger charge is -2.35. The van der Waals surface area contributed by atoms with Crippen molar-refractivity contribution in [3.8, 4) is 11.3 Å². The molecule has 9 nitrogen and oxygen atoms in total. The summed E-state index contributed by atoms with van der Waals surface area (Å²) in [6, 6.07) is 7.81. The van der Waals surface area contributed by atoms with E-state index in [2.05, 4.69) is 21.2 Å². The van der Waals surface area contributed by atoms with Crippen molar-refractivity contribution < 1.29 is 23.6 Å². The molecule has 2 aliphatic heterocycles. The fourth-order valence-electron chi connectivity index (χ4n) is 6.45.